The van der Waals surface area contributed by atoms with E-state index in [1.807, 2.05) is 30.3 Å². The van der Waals surface area contributed by atoms with Crippen LogP contribution in [0.4, 0.5) is 0 Å². The predicted molar refractivity (Wildman–Crippen MR) is 67.1 cm³/mol. The van der Waals surface area contributed by atoms with Crippen LogP contribution in [-0.2, 0) is 0 Å². The van der Waals surface area contributed by atoms with Crippen LogP contribution in [0.5, 0.6) is 0 Å². The van der Waals surface area contributed by atoms with Crippen molar-refractivity contribution in [3.05, 3.63) is 35.9 Å². The molecule has 82 valence electrons. The molecule has 2 nitrogen and oxygen atoms in total. The van der Waals surface area contributed by atoms with Crippen LogP contribution in [-0.4, -0.2) is 22.6 Å². The van der Waals surface area contributed by atoms with Crippen molar-refractivity contribution in [3.63, 3.8) is 0 Å². The Kier molecular flexibility index (Phi) is 5.47. The third kappa shape index (κ3) is 4.51. The third-order valence-corrected chi connectivity index (χ3v) is 2.75. The van der Waals surface area contributed by atoms with Crippen molar-refractivity contribution in [2.75, 3.05) is 6.61 Å². The second-order valence-electron chi connectivity index (χ2n) is 3.62. The fraction of sp³-hybridized carbons (Fsp3) is 0.417. The van der Waals surface area contributed by atoms with Crippen LogP contribution in [0.2, 0.25) is 0 Å². The molecule has 15 heavy (non-hydrogen) atoms. The maximum absolute atomic E-state index is 8.76. The summed E-state index contributed by atoms with van der Waals surface area (Å²) in [5.74, 6) is 0. The maximum atomic E-state index is 8.76. The quantitative estimate of drug-likeness (QED) is 0.572. The summed E-state index contributed by atoms with van der Waals surface area (Å²) in [7, 11) is 0. The van der Waals surface area contributed by atoms with E-state index in [1.165, 1.54) is 0 Å². The molecule has 0 amide bonds. The van der Waals surface area contributed by atoms with Crippen molar-refractivity contribution in [2.24, 2.45) is 5.73 Å². The van der Waals surface area contributed by atoms with Gasteiger partial charge < -0.3 is 10.8 Å². The van der Waals surface area contributed by atoms with E-state index in [9.17, 15) is 0 Å². The first-order valence-electron chi connectivity index (χ1n) is 5.18. The van der Waals surface area contributed by atoms with Crippen molar-refractivity contribution in [2.45, 2.75) is 25.3 Å². The number of aliphatic hydroxyl groups is 1. The minimum atomic E-state index is -0.108. The first-order chi connectivity index (χ1) is 7.24. The SMILES string of the molecule is NC(CO)CCCC(=S)c1ccccc1. The second-order valence-corrected chi connectivity index (χ2v) is 4.12. The lowest BCUT2D eigenvalue weighted by atomic mass is 10.0. The Morgan fingerprint density at radius 3 is 2.60 bits per heavy atom. The lowest BCUT2D eigenvalue weighted by molar-refractivity contribution is 0.259. The Hall–Kier alpha value is -0.770. The summed E-state index contributed by atoms with van der Waals surface area (Å²) in [5.41, 5.74) is 6.72. The van der Waals surface area contributed by atoms with Gasteiger partial charge in [-0.2, -0.15) is 0 Å². The normalized spacial score (nSPS) is 12.4. The Labute approximate surface area is 96.1 Å². The van der Waals surface area contributed by atoms with Gasteiger partial charge in [-0.3, -0.25) is 0 Å². The standard InChI is InChI=1S/C12H17NOS/c13-11(9-14)7-4-8-12(15)10-5-2-1-3-6-10/h1-3,5-6,11,14H,4,7-9,13H2. The fourth-order valence-corrected chi connectivity index (χ4v) is 1.66. The predicted octanol–water partition coefficient (Wildman–Crippen LogP) is 1.89. The van der Waals surface area contributed by atoms with Crippen molar-refractivity contribution < 1.29 is 5.11 Å². The topological polar surface area (TPSA) is 46.2 Å². The van der Waals surface area contributed by atoms with Crippen LogP contribution in [0.25, 0.3) is 0 Å². The number of hydrogen-bond donors (Lipinski definition) is 2. The highest BCUT2D eigenvalue weighted by Crippen LogP contribution is 2.08. The molecule has 0 radical (unpaired) electrons. The summed E-state index contributed by atoms with van der Waals surface area (Å²) in [6.45, 7) is 0.0537. The van der Waals surface area contributed by atoms with E-state index < -0.39 is 0 Å². The van der Waals surface area contributed by atoms with Gasteiger partial charge in [-0.15, -0.1) is 0 Å². The maximum Gasteiger partial charge on any atom is 0.0582 e. The third-order valence-electron chi connectivity index (χ3n) is 2.31. The second kappa shape index (κ2) is 6.67. The van der Waals surface area contributed by atoms with E-state index in [1.54, 1.807) is 0 Å². The Balaban J connectivity index is 2.31. The van der Waals surface area contributed by atoms with Crippen LogP contribution in [0.1, 0.15) is 24.8 Å². The molecule has 0 bridgehead atoms. The van der Waals surface area contributed by atoms with Crippen LogP contribution in [0, 0.1) is 0 Å². The zero-order valence-electron chi connectivity index (χ0n) is 8.73. The number of hydrogen-bond acceptors (Lipinski definition) is 3. The molecule has 1 unspecified atom stereocenters. The van der Waals surface area contributed by atoms with Crippen LogP contribution in [0.3, 0.4) is 0 Å². The van der Waals surface area contributed by atoms with E-state index in [4.69, 9.17) is 23.1 Å². The number of nitrogens with two attached hydrogens (primary N) is 1. The molecule has 0 spiro atoms. The average Bonchev–Trinajstić information content (AvgIpc) is 2.29. The number of rotatable bonds is 6. The molecule has 0 aliphatic carbocycles. The van der Waals surface area contributed by atoms with Crippen molar-refractivity contribution in [1.82, 2.24) is 0 Å². The monoisotopic (exact) mass is 223 g/mol. The van der Waals surface area contributed by atoms with Gasteiger partial charge in [0.2, 0.25) is 0 Å². The molecule has 1 aromatic rings. The first kappa shape index (κ1) is 12.3. The van der Waals surface area contributed by atoms with Crippen LogP contribution < -0.4 is 5.73 Å². The molecule has 3 heteroatoms. The van der Waals surface area contributed by atoms with Gasteiger partial charge >= 0.3 is 0 Å². The van der Waals surface area contributed by atoms with Gasteiger partial charge in [-0.25, -0.2) is 0 Å². The minimum absolute atomic E-state index is 0.0537. The van der Waals surface area contributed by atoms with Gasteiger partial charge in [-0.1, -0.05) is 42.5 Å². The Morgan fingerprint density at radius 2 is 2.00 bits per heavy atom. The lowest BCUT2D eigenvalue weighted by Gasteiger charge is -2.08. The van der Waals surface area contributed by atoms with Crippen molar-refractivity contribution >= 4 is 17.1 Å². The Bertz CT molecular complexity index is 300. The molecule has 0 heterocycles. The van der Waals surface area contributed by atoms with Gasteiger partial charge in [0.05, 0.1) is 6.61 Å². The van der Waals surface area contributed by atoms with E-state index in [0.29, 0.717) is 0 Å². The van der Waals surface area contributed by atoms with Gasteiger partial charge in [0.1, 0.15) is 0 Å². The van der Waals surface area contributed by atoms with Gasteiger partial charge in [0.25, 0.3) is 0 Å². The smallest absolute Gasteiger partial charge is 0.0582 e. The molecule has 0 aromatic heterocycles. The fourth-order valence-electron chi connectivity index (χ4n) is 1.38. The molecular weight excluding hydrogens is 206 g/mol. The molecule has 0 aliphatic rings. The van der Waals surface area contributed by atoms with E-state index in [0.717, 1.165) is 29.7 Å². The first-order valence-corrected chi connectivity index (χ1v) is 5.59. The molecule has 1 aromatic carbocycles. The van der Waals surface area contributed by atoms with Gasteiger partial charge in [0.15, 0.2) is 0 Å². The number of aliphatic hydroxyl groups excluding tert-OH is 1. The van der Waals surface area contributed by atoms with Gasteiger partial charge in [-0.05, 0) is 24.8 Å². The zero-order valence-corrected chi connectivity index (χ0v) is 9.54. The molecule has 0 saturated heterocycles. The minimum Gasteiger partial charge on any atom is -0.395 e. The summed E-state index contributed by atoms with van der Waals surface area (Å²) >= 11 is 5.31. The summed E-state index contributed by atoms with van der Waals surface area (Å²) < 4.78 is 0. The zero-order chi connectivity index (χ0) is 11.1. The summed E-state index contributed by atoms with van der Waals surface area (Å²) in [6.07, 6.45) is 2.63. The molecular formula is C12H17NOS. The summed E-state index contributed by atoms with van der Waals surface area (Å²) in [6, 6.07) is 9.89. The van der Waals surface area contributed by atoms with E-state index >= 15 is 0 Å². The molecule has 1 rings (SSSR count). The molecule has 1 atom stereocenters. The Morgan fingerprint density at radius 1 is 1.33 bits per heavy atom. The van der Waals surface area contributed by atoms with E-state index in [-0.39, 0.29) is 12.6 Å². The van der Waals surface area contributed by atoms with E-state index in [2.05, 4.69) is 0 Å². The van der Waals surface area contributed by atoms with Crippen LogP contribution in [0.15, 0.2) is 30.3 Å². The molecule has 3 N–H and O–H groups in total. The van der Waals surface area contributed by atoms with Gasteiger partial charge in [0, 0.05) is 10.9 Å². The van der Waals surface area contributed by atoms with Crippen LogP contribution >= 0.6 is 12.2 Å². The largest absolute Gasteiger partial charge is 0.395 e. The molecule has 0 saturated carbocycles. The molecule has 0 fully saturated rings. The highest BCUT2D eigenvalue weighted by molar-refractivity contribution is 7.80. The number of thiocarbonyl (C=S) groups is 1. The lowest BCUT2D eigenvalue weighted by Crippen LogP contribution is -2.24. The van der Waals surface area contributed by atoms with Crippen molar-refractivity contribution in [1.29, 1.82) is 0 Å². The highest BCUT2D eigenvalue weighted by atomic mass is 32.1. The summed E-state index contributed by atoms with van der Waals surface area (Å²) in [5, 5.41) is 8.76. The number of benzene rings is 1. The van der Waals surface area contributed by atoms with Crippen molar-refractivity contribution in [3.8, 4) is 0 Å². The summed E-state index contributed by atoms with van der Waals surface area (Å²) in [4.78, 5) is 0.973. The molecule has 0 aliphatic heterocycles. The highest BCUT2D eigenvalue weighted by Gasteiger charge is 2.03. The average molecular weight is 223 g/mol.